The molecule has 6 rings (SSSR count). The highest BCUT2D eigenvalue weighted by molar-refractivity contribution is 5.99. The van der Waals surface area contributed by atoms with Crippen LogP contribution in [0.15, 0.2) is 60.8 Å². The lowest BCUT2D eigenvalue weighted by molar-refractivity contribution is 0.0536. The summed E-state index contributed by atoms with van der Waals surface area (Å²) in [6, 6.07) is 17.9. The zero-order chi connectivity index (χ0) is 25.4. The molecular weight excluding hydrogens is 466 g/mol. The molecule has 0 radical (unpaired) electrons. The van der Waals surface area contributed by atoms with E-state index in [4.69, 9.17) is 5.10 Å². The number of fused-ring (bicyclic) bond motifs is 2. The van der Waals surface area contributed by atoms with E-state index >= 15 is 0 Å². The maximum atomic E-state index is 13.6. The summed E-state index contributed by atoms with van der Waals surface area (Å²) in [5.41, 5.74) is 5.20. The van der Waals surface area contributed by atoms with Crippen LogP contribution in [0, 0.1) is 0 Å². The first-order chi connectivity index (χ1) is 18.1. The molecular formula is C29H31N5O3. The Bertz CT molecular complexity index is 1430. The van der Waals surface area contributed by atoms with Crippen LogP contribution in [0.5, 0.6) is 0 Å². The smallest absolute Gasteiger partial charge is 0.274 e. The minimum absolute atomic E-state index is 0.0368. The van der Waals surface area contributed by atoms with Crippen molar-refractivity contribution >= 4 is 22.7 Å². The van der Waals surface area contributed by atoms with E-state index < -0.39 is 0 Å². The molecule has 2 aromatic heterocycles. The highest BCUT2D eigenvalue weighted by Crippen LogP contribution is 2.27. The SMILES string of the molecule is O=C(c1ccc2[nH]ccc2c1)N1CCc2c(c(C(=O)N3CCC(O)CC3)nn2CCc2ccccc2)C1. The first-order valence-corrected chi connectivity index (χ1v) is 13.0. The van der Waals surface area contributed by atoms with E-state index in [9.17, 15) is 14.7 Å². The molecule has 2 aromatic carbocycles. The molecule has 1 fully saturated rings. The number of hydrogen-bond donors (Lipinski definition) is 2. The Morgan fingerprint density at radius 1 is 0.973 bits per heavy atom. The van der Waals surface area contributed by atoms with Gasteiger partial charge in [-0.25, -0.2) is 0 Å². The van der Waals surface area contributed by atoms with Crippen molar-refractivity contribution in [2.45, 2.75) is 44.9 Å². The van der Waals surface area contributed by atoms with Crippen molar-refractivity contribution in [3.63, 3.8) is 0 Å². The van der Waals surface area contributed by atoms with Crippen LogP contribution in [0.1, 0.15) is 50.5 Å². The molecule has 0 saturated carbocycles. The molecule has 0 spiro atoms. The molecule has 190 valence electrons. The lowest BCUT2D eigenvalue weighted by Gasteiger charge is -2.30. The molecule has 0 unspecified atom stereocenters. The summed E-state index contributed by atoms with van der Waals surface area (Å²) in [6.45, 7) is 2.66. The van der Waals surface area contributed by atoms with Gasteiger partial charge in [-0.15, -0.1) is 0 Å². The second-order valence-electron chi connectivity index (χ2n) is 10.0. The van der Waals surface area contributed by atoms with Crippen LogP contribution >= 0.6 is 0 Å². The van der Waals surface area contributed by atoms with Crippen LogP contribution in [-0.4, -0.2) is 67.2 Å². The van der Waals surface area contributed by atoms with E-state index in [0.29, 0.717) is 63.2 Å². The van der Waals surface area contributed by atoms with E-state index in [0.717, 1.165) is 28.6 Å². The predicted octanol–water partition coefficient (Wildman–Crippen LogP) is 3.40. The van der Waals surface area contributed by atoms with Crippen molar-refractivity contribution in [1.29, 1.82) is 0 Å². The number of carbonyl (C=O) groups is 2. The lowest BCUT2D eigenvalue weighted by atomic mass is 10.0. The monoisotopic (exact) mass is 497 g/mol. The molecule has 37 heavy (non-hydrogen) atoms. The number of aromatic nitrogens is 3. The number of nitrogens with zero attached hydrogens (tertiary/aromatic N) is 4. The number of likely N-dealkylation sites (tertiary alicyclic amines) is 1. The summed E-state index contributed by atoms with van der Waals surface area (Å²) >= 11 is 0. The first-order valence-electron chi connectivity index (χ1n) is 13.0. The predicted molar refractivity (Wildman–Crippen MR) is 140 cm³/mol. The van der Waals surface area contributed by atoms with Crippen LogP contribution < -0.4 is 0 Å². The van der Waals surface area contributed by atoms with Gasteiger partial charge in [0.1, 0.15) is 0 Å². The summed E-state index contributed by atoms with van der Waals surface area (Å²) < 4.78 is 1.97. The summed E-state index contributed by atoms with van der Waals surface area (Å²) in [5.74, 6) is -0.144. The highest BCUT2D eigenvalue weighted by Gasteiger charge is 2.33. The van der Waals surface area contributed by atoms with Crippen molar-refractivity contribution in [3.05, 3.63) is 88.9 Å². The Morgan fingerprint density at radius 3 is 2.59 bits per heavy atom. The summed E-state index contributed by atoms with van der Waals surface area (Å²) in [5, 5.41) is 15.7. The van der Waals surface area contributed by atoms with Crippen LogP contribution in [0.4, 0.5) is 0 Å². The molecule has 4 heterocycles. The van der Waals surface area contributed by atoms with Crippen molar-refractivity contribution in [2.24, 2.45) is 0 Å². The number of H-pyrrole nitrogens is 1. The van der Waals surface area contributed by atoms with Crippen LogP contribution in [0.2, 0.25) is 0 Å². The third kappa shape index (κ3) is 4.64. The van der Waals surface area contributed by atoms with Gasteiger partial charge in [-0.3, -0.25) is 14.3 Å². The quantitative estimate of drug-likeness (QED) is 0.442. The number of benzene rings is 2. The number of amides is 2. The number of nitrogens with one attached hydrogen (secondary N) is 1. The van der Waals surface area contributed by atoms with Gasteiger partial charge in [0.25, 0.3) is 11.8 Å². The molecule has 2 N–H and O–H groups in total. The van der Waals surface area contributed by atoms with Crippen LogP contribution in [0.3, 0.4) is 0 Å². The Balaban J connectivity index is 1.28. The number of carbonyl (C=O) groups excluding carboxylic acids is 2. The fraction of sp³-hybridized carbons (Fsp3) is 0.345. The molecule has 0 atom stereocenters. The minimum Gasteiger partial charge on any atom is -0.393 e. The number of aromatic amines is 1. The normalized spacial score (nSPS) is 16.2. The number of aliphatic hydroxyl groups excluding tert-OH is 1. The second kappa shape index (κ2) is 9.86. The number of aryl methyl sites for hydroxylation is 2. The van der Waals surface area contributed by atoms with Crippen LogP contribution in [0.25, 0.3) is 10.9 Å². The minimum atomic E-state index is -0.355. The zero-order valence-corrected chi connectivity index (χ0v) is 20.8. The van der Waals surface area contributed by atoms with Crippen molar-refractivity contribution < 1.29 is 14.7 Å². The number of piperidine rings is 1. The Morgan fingerprint density at radius 2 is 1.78 bits per heavy atom. The van der Waals surface area contributed by atoms with Crippen molar-refractivity contribution in [3.8, 4) is 0 Å². The van der Waals surface area contributed by atoms with Gasteiger partial charge in [0.2, 0.25) is 0 Å². The third-order valence-electron chi connectivity index (χ3n) is 7.63. The highest BCUT2D eigenvalue weighted by atomic mass is 16.3. The molecule has 4 aromatic rings. The molecule has 0 bridgehead atoms. The lowest BCUT2D eigenvalue weighted by Crippen LogP contribution is -2.41. The molecule has 0 aliphatic carbocycles. The largest absolute Gasteiger partial charge is 0.393 e. The zero-order valence-electron chi connectivity index (χ0n) is 20.8. The van der Waals surface area contributed by atoms with E-state index in [1.54, 1.807) is 4.90 Å². The van der Waals surface area contributed by atoms with Gasteiger partial charge < -0.3 is 19.9 Å². The number of rotatable bonds is 5. The summed E-state index contributed by atoms with van der Waals surface area (Å²) in [4.78, 5) is 33.9. The van der Waals surface area contributed by atoms with Gasteiger partial charge in [0, 0.05) is 66.5 Å². The standard InChI is InChI=1S/C29H31N5O3/c35-23-10-14-32(15-11-23)29(37)27-24-19-33(28(36)22-6-7-25-21(18-22)8-13-30-25)16-12-26(24)34(31-27)17-9-20-4-2-1-3-5-20/h1-8,13,18,23,30,35H,9-12,14-17,19H2. The number of hydrogen-bond acceptors (Lipinski definition) is 4. The van der Waals surface area contributed by atoms with Gasteiger partial charge >= 0.3 is 0 Å². The average Bonchev–Trinajstić information content (AvgIpc) is 3.56. The molecule has 2 amide bonds. The van der Waals surface area contributed by atoms with Gasteiger partial charge in [0.15, 0.2) is 5.69 Å². The molecule has 2 aliphatic heterocycles. The van der Waals surface area contributed by atoms with Crippen molar-refractivity contribution in [1.82, 2.24) is 24.6 Å². The second-order valence-corrected chi connectivity index (χ2v) is 10.0. The van der Waals surface area contributed by atoms with Gasteiger partial charge in [-0.2, -0.15) is 5.10 Å². The van der Waals surface area contributed by atoms with E-state index in [2.05, 4.69) is 17.1 Å². The van der Waals surface area contributed by atoms with E-state index in [1.165, 1.54) is 5.56 Å². The Labute approximate surface area is 215 Å². The van der Waals surface area contributed by atoms with Gasteiger partial charge in [0.05, 0.1) is 12.6 Å². The van der Waals surface area contributed by atoms with E-state index in [-0.39, 0.29) is 17.9 Å². The topological polar surface area (TPSA) is 94.5 Å². The third-order valence-corrected chi connectivity index (χ3v) is 7.63. The van der Waals surface area contributed by atoms with Gasteiger partial charge in [-0.05, 0) is 49.1 Å². The molecule has 2 aliphatic rings. The molecule has 1 saturated heterocycles. The molecule has 8 nitrogen and oxygen atoms in total. The average molecular weight is 498 g/mol. The summed E-state index contributed by atoms with van der Waals surface area (Å²) in [7, 11) is 0. The Hall–Kier alpha value is -3.91. The molecule has 8 heteroatoms. The summed E-state index contributed by atoms with van der Waals surface area (Å²) in [6.07, 6.45) is 4.14. The number of aliphatic hydroxyl groups is 1. The Kier molecular flexibility index (Phi) is 6.26. The fourth-order valence-corrected chi connectivity index (χ4v) is 5.49. The van der Waals surface area contributed by atoms with Gasteiger partial charge in [-0.1, -0.05) is 30.3 Å². The van der Waals surface area contributed by atoms with Crippen molar-refractivity contribution in [2.75, 3.05) is 19.6 Å². The fourth-order valence-electron chi connectivity index (χ4n) is 5.49. The first kappa shape index (κ1) is 23.5. The maximum absolute atomic E-state index is 13.6. The van der Waals surface area contributed by atoms with E-state index in [1.807, 2.05) is 58.2 Å². The van der Waals surface area contributed by atoms with Crippen LogP contribution in [-0.2, 0) is 25.9 Å². The maximum Gasteiger partial charge on any atom is 0.274 e.